The molecule has 0 unspecified atom stereocenters. The molecule has 1 aliphatic heterocycles. The number of benzene rings is 2. The zero-order valence-electron chi connectivity index (χ0n) is 19.8. The Hall–Kier alpha value is -3.33. The predicted molar refractivity (Wildman–Crippen MR) is 134 cm³/mol. The molecule has 1 saturated heterocycles. The third kappa shape index (κ3) is 5.59. The van der Waals surface area contributed by atoms with Crippen molar-refractivity contribution in [1.29, 1.82) is 0 Å². The number of carbonyl (C=O) groups excluding carboxylic acids is 2. The monoisotopic (exact) mass is 478 g/mol. The Morgan fingerprint density at radius 2 is 1.68 bits per heavy atom. The number of rotatable bonds is 7. The van der Waals surface area contributed by atoms with Crippen LogP contribution in [0.15, 0.2) is 59.8 Å². The van der Waals surface area contributed by atoms with Crippen molar-refractivity contribution in [3.05, 3.63) is 71.5 Å². The molecule has 34 heavy (non-hydrogen) atoms. The maximum Gasteiger partial charge on any atom is 0.251 e. The van der Waals surface area contributed by atoms with E-state index in [-0.39, 0.29) is 17.9 Å². The van der Waals surface area contributed by atoms with Crippen LogP contribution in [0.1, 0.15) is 34.7 Å². The number of piperazine rings is 1. The lowest BCUT2D eigenvalue weighted by molar-refractivity contribution is -0.128. The van der Waals surface area contributed by atoms with Gasteiger partial charge in [0.15, 0.2) is 11.0 Å². The summed E-state index contributed by atoms with van der Waals surface area (Å²) in [6, 6.07) is 17.4. The minimum atomic E-state index is -0.317. The van der Waals surface area contributed by atoms with Gasteiger partial charge in [0.2, 0.25) is 5.91 Å². The van der Waals surface area contributed by atoms with Crippen LogP contribution in [0, 0.1) is 6.92 Å². The van der Waals surface area contributed by atoms with Crippen LogP contribution in [0.4, 0.5) is 5.69 Å². The van der Waals surface area contributed by atoms with Crippen LogP contribution >= 0.6 is 11.8 Å². The fourth-order valence-electron chi connectivity index (χ4n) is 3.95. The summed E-state index contributed by atoms with van der Waals surface area (Å²) in [6.07, 6.45) is 0. The third-order valence-electron chi connectivity index (χ3n) is 6.00. The van der Waals surface area contributed by atoms with Crippen LogP contribution in [0.25, 0.3) is 0 Å². The van der Waals surface area contributed by atoms with E-state index in [1.165, 1.54) is 17.4 Å². The number of anilines is 1. The van der Waals surface area contributed by atoms with Crippen molar-refractivity contribution in [1.82, 2.24) is 25.0 Å². The van der Waals surface area contributed by atoms with E-state index < -0.39 is 0 Å². The van der Waals surface area contributed by atoms with E-state index in [4.69, 9.17) is 0 Å². The minimum Gasteiger partial charge on any atom is -0.368 e. The van der Waals surface area contributed by atoms with Gasteiger partial charge in [-0.2, -0.15) is 0 Å². The van der Waals surface area contributed by atoms with Gasteiger partial charge in [0, 0.05) is 44.5 Å². The standard InChI is InChI=1S/C25H30N6O2S/c1-18-9-11-20(12-10-18)24(33)26-19(2)23-27-28-25(29(23)3)34-17-22(32)31-15-13-30(14-16-31)21-7-5-4-6-8-21/h4-12,19H,13-17H2,1-3H3,(H,26,33)/t19-/m0/s1. The second-order valence-corrected chi connectivity index (χ2v) is 9.40. The minimum absolute atomic E-state index is 0.1000. The highest BCUT2D eigenvalue weighted by Gasteiger charge is 2.23. The van der Waals surface area contributed by atoms with Gasteiger partial charge < -0.3 is 19.7 Å². The van der Waals surface area contributed by atoms with Gasteiger partial charge in [-0.05, 0) is 38.1 Å². The number of hydrogen-bond acceptors (Lipinski definition) is 6. The van der Waals surface area contributed by atoms with Crippen LogP contribution in [-0.2, 0) is 11.8 Å². The van der Waals surface area contributed by atoms with Gasteiger partial charge in [0.05, 0.1) is 11.8 Å². The van der Waals surface area contributed by atoms with Crippen molar-refractivity contribution in [2.75, 3.05) is 36.8 Å². The van der Waals surface area contributed by atoms with Gasteiger partial charge in [-0.15, -0.1) is 10.2 Å². The SMILES string of the molecule is Cc1ccc(C(=O)N[C@@H](C)c2nnc(SCC(=O)N3CCN(c4ccccc4)CC3)n2C)cc1. The number of hydrogen-bond donors (Lipinski definition) is 1. The lowest BCUT2D eigenvalue weighted by Crippen LogP contribution is -2.49. The van der Waals surface area contributed by atoms with Crippen LogP contribution < -0.4 is 10.2 Å². The second-order valence-electron chi connectivity index (χ2n) is 8.45. The molecule has 178 valence electrons. The smallest absolute Gasteiger partial charge is 0.251 e. The summed E-state index contributed by atoms with van der Waals surface area (Å²) in [5.41, 5.74) is 2.90. The lowest BCUT2D eigenvalue weighted by atomic mass is 10.1. The number of thioether (sulfide) groups is 1. The molecule has 4 rings (SSSR count). The summed E-state index contributed by atoms with van der Waals surface area (Å²) < 4.78 is 1.84. The first kappa shape index (κ1) is 23.8. The number of amides is 2. The molecule has 0 saturated carbocycles. The molecule has 1 atom stereocenters. The molecule has 9 heteroatoms. The highest BCUT2D eigenvalue weighted by Crippen LogP contribution is 2.21. The van der Waals surface area contributed by atoms with Gasteiger partial charge in [-0.1, -0.05) is 47.7 Å². The number of para-hydroxylation sites is 1. The number of nitrogens with one attached hydrogen (secondary N) is 1. The van der Waals surface area contributed by atoms with Crippen LogP contribution in [0.5, 0.6) is 0 Å². The first-order valence-electron chi connectivity index (χ1n) is 11.4. The van der Waals surface area contributed by atoms with Gasteiger partial charge >= 0.3 is 0 Å². The number of carbonyl (C=O) groups is 2. The molecular weight excluding hydrogens is 448 g/mol. The zero-order chi connectivity index (χ0) is 24.1. The fourth-order valence-corrected chi connectivity index (χ4v) is 4.77. The molecule has 1 aromatic heterocycles. The Morgan fingerprint density at radius 3 is 2.35 bits per heavy atom. The Balaban J connectivity index is 1.28. The summed E-state index contributed by atoms with van der Waals surface area (Å²) in [5.74, 6) is 0.894. The number of aromatic nitrogens is 3. The van der Waals surface area contributed by atoms with Gasteiger partial charge in [-0.25, -0.2) is 0 Å². The van der Waals surface area contributed by atoms with Crippen molar-refractivity contribution in [2.45, 2.75) is 25.0 Å². The van der Waals surface area contributed by atoms with Gasteiger partial charge in [0.25, 0.3) is 5.91 Å². The van der Waals surface area contributed by atoms with Crippen LogP contribution in [0.3, 0.4) is 0 Å². The Bertz CT molecular complexity index is 1120. The van der Waals surface area contributed by atoms with Crippen molar-refractivity contribution < 1.29 is 9.59 Å². The van der Waals surface area contributed by atoms with Crippen LogP contribution in [-0.4, -0.2) is 63.4 Å². The molecule has 2 heterocycles. The van der Waals surface area contributed by atoms with Crippen LogP contribution in [0.2, 0.25) is 0 Å². The normalized spacial score (nSPS) is 14.7. The van der Waals surface area contributed by atoms with E-state index in [9.17, 15) is 9.59 Å². The maximum atomic E-state index is 12.8. The Kier molecular flexibility index (Phi) is 7.52. The first-order valence-corrected chi connectivity index (χ1v) is 12.4. The van der Waals surface area contributed by atoms with Crippen molar-refractivity contribution >= 4 is 29.3 Å². The highest BCUT2D eigenvalue weighted by atomic mass is 32.2. The lowest BCUT2D eigenvalue weighted by Gasteiger charge is -2.36. The molecule has 1 aliphatic rings. The number of nitrogens with zero attached hydrogens (tertiary/aromatic N) is 5. The van der Waals surface area contributed by atoms with E-state index in [0.717, 1.165) is 18.7 Å². The topological polar surface area (TPSA) is 83.4 Å². The zero-order valence-corrected chi connectivity index (χ0v) is 20.6. The second kappa shape index (κ2) is 10.7. The molecule has 0 spiro atoms. The molecular formula is C25H30N6O2S. The number of aryl methyl sites for hydroxylation is 1. The molecule has 0 aliphatic carbocycles. The van der Waals surface area contributed by atoms with Crippen molar-refractivity contribution in [3.8, 4) is 0 Å². The van der Waals surface area contributed by atoms with E-state index in [2.05, 4.69) is 32.5 Å². The highest BCUT2D eigenvalue weighted by molar-refractivity contribution is 7.99. The van der Waals surface area contributed by atoms with Gasteiger partial charge in [0.1, 0.15) is 0 Å². The molecule has 2 amide bonds. The molecule has 1 fully saturated rings. The van der Waals surface area contributed by atoms with Crippen molar-refractivity contribution in [3.63, 3.8) is 0 Å². The van der Waals surface area contributed by atoms with E-state index in [0.29, 0.717) is 35.4 Å². The van der Waals surface area contributed by atoms with E-state index >= 15 is 0 Å². The summed E-state index contributed by atoms with van der Waals surface area (Å²) in [6.45, 7) is 6.93. The molecule has 2 aromatic carbocycles. The average molecular weight is 479 g/mol. The van der Waals surface area contributed by atoms with Crippen molar-refractivity contribution in [2.24, 2.45) is 7.05 Å². The molecule has 8 nitrogen and oxygen atoms in total. The Labute approximate surface area is 204 Å². The summed E-state index contributed by atoms with van der Waals surface area (Å²) in [4.78, 5) is 29.5. The fraction of sp³-hybridized carbons (Fsp3) is 0.360. The average Bonchev–Trinajstić information content (AvgIpc) is 3.23. The quantitative estimate of drug-likeness (QED) is 0.526. The maximum absolute atomic E-state index is 12.8. The molecule has 1 N–H and O–H groups in total. The van der Waals surface area contributed by atoms with Gasteiger partial charge in [-0.3, -0.25) is 9.59 Å². The van der Waals surface area contributed by atoms with E-state index in [1.54, 1.807) is 12.1 Å². The first-order chi connectivity index (χ1) is 16.4. The third-order valence-corrected chi connectivity index (χ3v) is 7.00. The largest absolute Gasteiger partial charge is 0.368 e. The molecule has 0 bridgehead atoms. The summed E-state index contributed by atoms with van der Waals surface area (Å²) >= 11 is 1.37. The molecule has 3 aromatic rings. The Morgan fingerprint density at radius 1 is 1.00 bits per heavy atom. The summed E-state index contributed by atoms with van der Waals surface area (Å²) in [7, 11) is 1.86. The summed E-state index contributed by atoms with van der Waals surface area (Å²) in [5, 5.41) is 12.1. The van der Waals surface area contributed by atoms with E-state index in [1.807, 2.05) is 60.7 Å². The molecule has 0 radical (unpaired) electrons. The predicted octanol–water partition coefficient (Wildman–Crippen LogP) is 3.06.